The second kappa shape index (κ2) is 14.3. The van der Waals surface area contributed by atoms with Crippen LogP contribution in [0.15, 0.2) is 85.1 Å². The summed E-state index contributed by atoms with van der Waals surface area (Å²) < 4.78 is 12.6. The van der Waals surface area contributed by atoms with Crippen molar-refractivity contribution in [2.45, 2.75) is 46.6 Å². The van der Waals surface area contributed by atoms with E-state index in [0.29, 0.717) is 28.4 Å². The number of anilines is 1. The Labute approximate surface area is 269 Å². The van der Waals surface area contributed by atoms with Crippen LogP contribution >= 0.6 is 0 Å². The minimum atomic E-state index is -1.12. The van der Waals surface area contributed by atoms with Crippen LogP contribution in [0, 0.1) is 11.3 Å². The second-order valence-electron chi connectivity index (χ2n) is 12.4. The number of hydrogen-bond acceptors (Lipinski definition) is 6. The summed E-state index contributed by atoms with van der Waals surface area (Å²) in [7, 11) is 2.98. The molecule has 46 heavy (non-hydrogen) atoms. The van der Waals surface area contributed by atoms with E-state index in [1.54, 1.807) is 57.5 Å². The minimum absolute atomic E-state index is 0.316. The summed E-state index contributed by atoms with van der Waals surface area (Å²) >= 11 is 0. The van der Waals surface area contributed by atoms with Crippen molar-refractivity contribution in [2.24, 2.45) is 11.3 Å². The topological polar surface area (TPSA) is 123 Å². The van der Waals surface area contributed by atoms with E-state index in [2.05, 4.69) is 10.4 Å². The fourth-order valence-corrected chi connectivity index (χ4v) is 5.56. The highest BCUT2D eigenvalue weighted by molar-refractivity contribution is 5.98. The molecular formula is C36H42N4O6. The summed E-state index contributed by atoms with van der Waals surface area (Å²) in [4.78, 5) is 42.4. The van der Waals surface area contributed by atoms with E-state index in [0.717, 1.165) is 11.3 Å². The summed E-state index contributed by atoms with van der Waals surface area (Å²) in [5.74, 6) is -3.16. The molecule has 1 heterocycles. The van der Waals surface area contributed by atoms with E-state index in [4.69, 9.17) is 9.47 Å². The molecule has 2 atom stereocenters. The highest BCUT2D eigenvalue weighted by Crippen LogP contribution is 2.42. The van der Waals surface area contributed by atoms with Crippen molar-refractivity contribution in [1.82, 2.24) is 14.7 Å². The zero-order valence-corrected chi connectivity index (χ0v) is 27.4. The summed E-state index contributed by atoms with van der Waals surface area (Å²) in [6.45, 7) is 8.63. The number of carboxylic acids is 1. The van der Waals surface area contributed by atoms with Gasteiger partial charge in [-0.3, -0.25) is 14.4 Å². The molecule has 0 bridgehead atoms. The van der Waals surface area contributed by atoms with Gasteiger partial charge in [0.2, 0.25) is 11.8 Å². The van der Waals surface area contributed by atoms with Crippen LogP contribution in [-0.4, -0.2) is 64.4 Å². The number of amides is 2. The average molecular weight is 627 g/mol. The molecule has 0 fully saturated rings. The van der Waals surface area contributed by atoms with Crippen LogP contribution in [0.5, 0.6) is 11.5 Å². The van der Waals surface area contributed by atoms with Crippen molar-refractivity contribution in [1.29, 1.82) is 0 Å². The van der Waals surface area contributed by atoms with Gasteiger partial charge in [0.1, 0.15) is 6.54 Å². The van der Waals surface area contributed by atoms with Crippen LogP contribution < -0.4 is 14.8 Å². The number of ether oxygens (including phenoxy) is 2. The Morgan fingerprint density at radius 1 is 0.913 bits per heavy atom. The van der Waals surface area contributed by atoms with E-state index < -0.39 is 41.1 Å². The normalized spacial score (nSPS) is 12.7. The molecule has 10 nitrogen and oxygen atoms in total. The van der Waals surface area contributed by atoms with Crippen LogP contribution in [0.25, 0.3) is 16.8 Å². The van der Waals surface area contributed by atoms with Gasteiger partial charge in [-0.1, -0.05) is 75.4 Å². The number of carbonyl (C=O) groups is 3. The molecule has 242 valence electrons. The van der Waals surface area contributed by atoms with Gasteiger partial charge in [-0.15, -0.1) is 5.10 Å². The van der Waals surface area contributed by atoms with Gasteiger partial charge < -0.3 is 24.8 Å². The van der Waals surface area contributed by atoms with Gasteiger partial charge in [-0.2, -0.15) is 0 Å². The molecule has 0 radical (unpaired) electrons. The quantitative estimate of drug-likeness (QED) is 0.190. The number of rotatable bonds is 12. The number of nitrogens with zero attached hydrogens (tertiary/aromatic N) is 3. The first-order valence-electron chi connectivity index (χ1n) is 15.1. The van der Waals surface area contributed by atoms with E-state index in [1.165, 1.54) is 19.1 Å². The second-order valence-corrected chi connectivity index (χ2v) is 12.4. The molecule has 1 aromatic heterocycles. The minimum Gasteiger partial charge on any atom is -0.493 e. The Morgan fingerprint density at radius 2 is 1.52 bits per heavy atom. The van der Waals surface area contributed by atoms with Crippen molar-refractivity contribution in [2.75, 3.05) is 26.1 Å². The fraction of sp³-hybridized carbons (Fsp3) is 0.333. The maximum absolute atomic E-state index is 14.5. The first-order chi connectivity index (χ1) is 21.8. The third kappa shape index (κ3) is 7.56. The third-order valence-corrected chi connectivity index (χ3v) is 7.86. The lowest BCUT2D eigenvalue weighted by Crippen LogP contribution is -2.49. The van der Waals surface area contributed by atoms with E-state index in [-0.39, 0.29) is 6.54 Å². The Bertz CT molecular complexity index is 1660. The number of para-hydroxylation sites is 1. The summed E-state index contributed by atoms with van der Waals surface area (Å²) in [6.07, 6.45) is 1.85. The van der Waals surface area contributed by atoms with Gasteiger partial charge in [-0.25, -0.2) is 4.68 Å². The highest BCUT2D eigenvalue weighted by atomic mass is 16.5. The van der Waals surface area contributed by atoms with Crippen molar-refractivity contribution in [3.05, 3.63) is 90.6 Å². The van der Waals surface area contributed by atoms with Crippen molar-refractivity contribution in [3.8, 4) is 28.3 Å². The molecule has 4 aromatic rings. The maximum Gasteiger partial charge on any atom is 0.308 e. The number of carbonyl (C=O) groups excluding carboxylic acids is 2. The highest BCUT2D eigenvalue weighted by Gasteiger charge is 2.45. The van der Waals surface area contributed by atoms with E-state index in [9.17, 15) is 19.5 Å². The van der Waals surface area contributed by atoms with E-state index >= 15 is 0 Å². The molecule has 0 spiro atoms. The number of hydrogen-bond donors (Lipinski definition) is 2. The van der Waals surface area contributed by atoms with Gasteiger partial charge in [0.25, 0.3) is 0 Å². The van der Waals surface area contributed by atoms with Gasteiger partial charge in [0.05, 0.1) is 31.7 Å². The van der Waals surface area contributed by atoms with Crippen molar-refractivity contribution >= 4 is 23.6 Å². The first-order valence-corrected chi connectivity index (χ1v) is 15.1. The molecule has 0 saturated heterocycles. The Morgan fingerprint density at radius 3 is 2.07 bits per heavy atom. The number of aliphatic carboxylic acids is 1. The third-order valence-electron chi connectivity index (χ3n) is 7.86. The van der Waals surface area contributed by atoms with Crippen LogP contribution in [0.2, 0.25) is 0 Å². The number of methoxy groups -OCH3 is 2. The van der Waals surface area contributed by atoms with Gasteiger partial charge >= 0.3 is 5.97 Å². The number of aromatic nitrogens is 2. The van der Waals surface area contributed by atoms with Crippen LogP contribution in [0.1, 0.15) is 46.1 Å². The van der Waals surface area contributed by atoms with Gasteiger partial charge in [0, 0.05) is 17.8 Å². The molecule has 2 N–H and O–H groups in total. The number of carboxylic acid groups (broad SMARTS) is 1. The molecule has 2 unspecified atom stereocenters. The molecule has 10 heteroatoms. The Balaban J connectivity index is 1.71. The van der Waals surface area contributed by atoms with Gasteiger partial charge in [0.15, 0.2) is 17.3 Å². The Kier molecular flexibility index (Phi) is 10.5. The molecule has 0 aliphatic heterocycles. The standard InChI is InChI=1S/C36H42N4O6/c1-23(2)39(34(42)31(32(35(43)44)36(3,4)5)25-18-19-28(45-6)29(20-25)46-7)22-30(41)37-33-27(24-14-10-8-11-15-24)21-40(38-33)26-16-12-9-13-17-26/h8-21,23,31-32H,22H2,1-7H3,(H,43,44)(H,37,38,41). The monoisotopic (exact) mass is 626 g/mol. The largest absolute Gasteiger partial charge is 0.493 e. The SMILES string of the molecule is COc1ccc(C(C(=O)N(CC(=O)Nc2nn(-c3ccccc3)cc2-c2ccccc2)C(C)C)C(C(=O)O)C(C)(C)C)cc1OC. The van der Waals surface area contributed by atoms with Crippen LogP contribution in [0.4, 0.5) is 5.82 Å². The van der Waals surface area contributed by atoms with Crippen molar-refractivity contribution in [3.63, 3.8) is 0 Å². The van der Waals surface area contributed by atoms with E-state index in [1.807, 2.05) is 66.9 Å². The summed E-state index contributed by atoms with van der Waals surface area (Å²) in [5, 5.41) is 18.0. The molecule has 0 aliphatic carbocycles. The van der Waals surface area contributed by atoms with Gasteiger partial charge in [-0.05, 0) is 54.7 Å². The summed E-state index contributed by atoms with van der Waals surface area (Å²) in [5.41, 5.74) is 2.03. The van der Waals surface area contributed by atoms with Crippen LogP contribution in [-0.2, 0) is 14.4 Å². The number of nitrogens with one attached hydrogen (secondary N) is 1. The predicted octanol–water partition coefficient (Wildman–Crippen LogP) is 6.26. The molecule has 0 aliphatic rings. The lowest BCUT2D eigenvalue weighted by Gasteiger charge is -2.37. The Hall–Kier alpha value is -5.12. The average Bonchev–Trinajstić information content (AvgIpc) is 3.45. The smallest absolute Gasteiger partial charge is 0.308 e. The number of benzene rings is 3. The fourth-order valence-electron chi connectivity index (χ4n) is 5.56. The molecule has 2 amide bonds. The molecule has 4 rings (SSSR count). The molecular weight excluding hydrogens is 584 g/mol. The zero-order chi connectivity index (χ0) is 33.6. The lowest BCUT2D eigenvalue weighted by molar-refractivity contribution is -0.153. The van der Waals surface area contributed by atoms with Crippen molar-refractivity contribution < 1.29 is 29.0 Å². The molecule has 0 saturated carbocycles. The molecule has 3 aromatic carbocycles. The zero-order valence-electron chi connectivity index (χ0n) is 27.4. The predicted molar refractivity (Wildman–Crippen MR) is 177 cm³/mol. The maximum atomic E-state index is 14.5. The lowest BCUT2D eigenvalue weighted by atomic mass is 9.70. The van der Waals surface area contributed by atoms with Crippen LogP contribution in [0.3, 0.4) is 0 Å². The first kappa shape index (κ1) is 33.8. The summed E-state index contributed by atoms with van der Waals surface area (Å²) in [6, 6.07) is 23.6.